The van der Waals surface area contributed by atoms with E-state index in [-0.39, 0.29) is 11.5 Å². The van der Waals surface area contributed by atoms with Gasteiger partial charge in [-0.2, -0.15) is 0 Å². The molecule has 224 valence electrons. The summed E-state index contributed by atoms with van der Waals surface area (Å²) in [5, 5.41) is 9.27. The SMILES string of the molecule is CC1(C)c2cc3c(cc2-c2c1ccc1sc4ccccc4c21)c1ccccc1n3C1=CC(c2ccccc2)=CC(c2ccccc2)N1. The van der Waals surface area contributed by atoms with Gasteiger partial charge in [-0.25, -0.2) is 0 Å². The minimum absolute atomic E-state index is 0.0397. The molecule has 1 N–H and O–H groups in total. The first-order valence-electron chi connectivity index (χ1n) is 16.4. The van der Waals surface area contributed by atoms with Gasteiger partial charge in [0.25, 0.3) is 0 Å². The summed E-state index contributed by atoms with van der Waals surface area (Å²) in [6.45, 7) is 4.80. The molecule has 47 heavy (non-hydrogen) atoms. The average Bonchev–Trinajstić information content (AvgIpc) is 3.73. The van der Waals surface area contributed by atoms with Crippen LogP contribution >= 0.6 is 11.3 Å². The number of allylic oxidation sites excluding steroid dienone is 2. The Morgan fingerprint density at radius 3 is 2.19 bits per heavy atom. The van der Waals surface area contributed by atoms with Gasteiger partial charge in [-0.15, -0.1) is 11.3 Å². The number of dihydropyridines is 1. The number of nitrogens with zero attached hydrogens (tertiary/aromatic N) is 1. The first kappa shape index (κ1) is 26.8. The van der Waals surface area contributed by atoms with Gasteiger partial charge < -0.3 is 5.32 Å². The van der Waals surface area contributed by atoms with Gasteiger partial charge in [0.1, 0.15) is 5.82 Å². The predicted octanol–water partition coefficient (Wildman–Crippen LogP) is 11.7. The Bertz CT molecular complexity index is 2620. The van der Waals surface area contributed by atoms with Gasteiger partial charge in [-0.3, -0.25) is 4.57 Å². The number of thiophene rings is 1. The third kappa shape index (κ3) is 3.84. The zero-order chi connectivity index (χ0) is 31.3. The van der Waals surface area contributed by atoms with Crippen molar-refractivity contribution in [3.05, 3.63) is 168 Å². The number of fused-ring (bicyclic) bond motifs is 10. The largest absolute Gasteiger partial charge is 0.361 e. The van der Waals surface area contributed by atoms with Crippen LogP contribution in [0.2, 0.25) is 0 Å². The van der Waals surface area contributed by atoms with Gasteiger partial charge in [0.2, 0.25) is 0 Å². The van der Waals surface area contributed by atoms with Crippen molar-refractivity contribution in [1.29, 1.82) is 0 Å². The van der Waals surface area contributed by atoms with Gasteiger partial charge in [-0.1, -0.05) is 117 Å². The maximum atomic E-state index is 3.95. The van der Waals surface area contributed by atoms with Crippen molar-refractivity contribution in [2.24, 2.45) is 0 Å². The second-order valence-corrected chi connectivity index (χ2v) is 14.5. The van der Waals surface area contributed by atoms with Crippen LogP contribution in [0, 0.1) is 0 Å². The predicted molar refractivity (Wildman–Crippen MR) is 201 cm³/mol. The maximum absolute atomic E-state index is 3.95. The highest BCUT2D eigenvalue weighted by molar-refractivity contribution is 7.26. The normalized spacial score (nSPS) is 16.7. The van der Waals surface area contributed by atoms with E-state index in [1.165, 1.54) is 80.9 Å². The second kappa shape index (κ2) is 9.81. The van der Waals surface area contributed by atoms with E-state index in [0.29, 0.717) is 0 Å². The molecule has 0 radical (unpaired) electrons. The molecule has 2 aliphatic rings. The molecule has 2 nitrogen and oxygen atoms in total. The topological polar surface area (TPSA) is 17.0 Å². The number of rotatable bonds is 3. The fraction of sp³-hybridized carbons (Fsp3) is 0.0909. The van der Waals surface area contributed by atoms with E-state index in [1.54, 1.807) is 0 Å². The molecule has 0 saturated carbocycles. The van der Waals surface area contributed by atoms with Crippen molar-refractivity contribution in [3.63, 3.8) is 0 Å². The molecule has 1 unspecified atom stereocenters. The van der Waals surface area contributed by atoms with Gasteiger partial charge in [0.05, 0.1) is 17.1 Å². The zero-order valence-electron chi connectivity index (χ0n) is 26.3. The van der Waals surface area contributed by atoms with Crippen LogP contribution in [0.25, 0.3) is 64.5 Å². The van der Waals surface area contributed by atoms with E-state index < -0.39 is 0 Å². The van der Waals surface area contributed by atoms with E-state index >= 15 is 0 Å². The van der Waals surface area contributed by atoms with E-state index in [2.05, 4.69) is 169 Å². The lowest BCUT2D eigenvalue weighted by Crippen LogP contribution is -2.25. The van der Waals surface area contributed by atoms with Crippen LogP contribution in [0.5, 0.6) is 0 Å². The lowest BCUT2D eigenvalue weighted by Gasteiger charge is -2.27. The molecule has 3 heterocycles. The van der Waals surface area contributed by atoms with Crippen LogP contribution in [0.3, 0.4) is 0 Å². The summed E-state index contributed by atoms with van der Waals surface area (Å²) in [6.07, 6.45) is 4.69. The number of nitrogens with one attached hydrogen (secondary N) is 1. The Balaban J connectivity index is 1.25. The first-order chi connectivity index (χ1) is 23.1. The van der Waals surface area contributed by atoms with E-state index in [0.717, 1.165) is 5.82 Å². The summed E-state index contributed by atoms with van der Waals surface area (Å²) in [4.78, 5) is 0. The summed E-state index contributed by atoms with van der Waals surface area (Å²) in [5.74, 6) is 1.09. The highest BCUT2D eigenvalue weighted by Gasteiger charge is 2.38. The van der Waals surface area contributed by atoms with Crippen LogP contribution in [0.4, 0.5) is 0 Å². The molecule has 8 aromatic rings. The van der Waals surface area contributed by atoms with Crippen LogP contribution < -0.4 is 5.32 Å². The van der Waals surface area contributed by atoms with Gasteiger partial charge >= 0.3 is 0 Å². The molecule has 0 spiro atoms. The van der Waals surface area contributed by atoms with Gasteiger partial charge in [0, 0.05) is 36.4 Å². The molecule has 0 fully saturated rings. The fourth-order valence-corrected chi connectivity index (χ4v) is 9.27. The summed E-state index contributed by atoms with van der Waals surface area (Å²) in [5.41, 5.74) is 11.6. The molecule has 1 aliphatic heterocycles. The van der Waals surface area contributed by atoms with Crippen molar-refractivity contribution in [2.45, 2.75) is 25.3 Å². The Hall–Kier alpha value is -5.38. The standard InChI is InChI=1S/C44H32N2S/c1-44(2)34-21-22-40-43(31-18-10-12-20-39(31)47-40)42(34)33-25-32-30-17-9-11-19-37(30)46(38(32)26-35(33)44)41-24-29(27-13-5-3-6-14-27)23-36(45-41)28-15-7-4-8-16-28/h3-26,36,45H,1-2H3. The molecule has 2 aromatic heterocycles. The number of hydrogen-bond acceptors (Lipinski definition) is 2. The second-order valence-electron chi connectivity index (χ2n) is 13.4. The van der Waals surface area contributed by atoms with Crippen molar-refractivity contribution in [1.82, 2.24) is 9.88 Å². The van der Waals surface area contributed by atoms with Crippen molar-refractivity contribution >= 4 is 64.7 Å². The monoisotopic (exact) mass is 620 g/mol. The summed E-state index contributed by atoms with van der Waals surface area (Å²) >= 11 is 1.90. The summed E-state index contributed by atoms with van der Waals surface area (Å²) < 4.78 is 5.18. The number of benzene rings is 6. The molecular formula is C44H32N2S. The molecular weight excluding hydrogens is 589 g/mol. The van der Waals surface area contributed by atoms with E-state index in [4.69, 9.17) is 0 Å². The maximum Gasteiger partial charge on any atom is 0.112 e. The van der Waals surface area contributed by atoms with Crippen LogP contribution in [-0.2, 0) is 5.41 Å². The molecule has 3 heteroatoms. The summed E-state index contributed by atoms with van der Waals surface area (Å²) in [7, 11) is 0. The lowest BCUT2D eigenvalue weighted by atomic mass is 9.82. The number of aromatic nitrogens is 1. The first-order valence-corrected chi connectivity index (χ1v) is 17.2. The van der Waals surface area contributed by atoms with E-state index in [1.807, 2.05) is 11.3 Å². The molecule has 0 amide bonds. The minimum Gasteiger partial charge on any atom is -0.361 e. The molecule has 1 aliphatic carbocycles. The minimum atomic E-state index is -0.132. The van der Waals surface area contributed by atoms with Crippen LogP contribution in [0.1, 0.15) is 42.1 Å². The highest BCUT2D eigenvalue weighted by atomic mass is 32.1. The summed E-state index contributed by atoms with van der Waals surface area (Å²) in [6, 6.07) is 49.1. The molecule has 0 saturated heterocycles. The molecule has 10 rings (SSSR count). The average molecular weight is 621 g/mol. The third-order valence-electron chi connectivity index (χ3n) is 10.4. The van der Waals surface area contributed by atoms with Crippen LogP contribution in [0.15, 0.2) is 146 Å². The van der Waals surface area contributed by atoms with Crippen molar-refractivity contribution in [3.8, 4) is 11.1 Å². The fourth-order valence-electron chi connectivity index (χ4n) is 8.16. The Morgan fingerprint density at radius 2 is 1.36 bits per heavy atom. The van der Waals surface area contributed by atoms with Crippen molar-refractivity contribution < 1.29 is 0 Å². The van der Waals surface area contributed by atoms with Crippen LogP contribution in [-0.4, -0.2) is 4.57 Å². The Morgan fingerprint density at radius 1 is 0.638 bits per heavy atom. The number of hydrogen-bond donors (Lipinski definition) is 1. The molecule has 6 aromatic carbocycles. The smallest absolute Gasteiger partial charge is 0.112 e. The molecule has 1 atom stereocenters. The lowest BCUT2D eigenvalue weighted by molar-refractivity contribution is 0.661. The zero-order valence-corrected chi connectivity index (χ0v) is 27.1. The Kier molecular flexibility index (Phi) is 5.59. The quantitative estimate of drug-likeness (QED) is 0.208. The van der Waals surface area contributed by atoms with Crippen molar-refractivity contribution in [2.75, 3.05) is 0 Å². The Labute approximate surface area is 277 Å². The van der Waals surface area contributed by atoms with Gasteiger partial charge in [0.15, 0.2) is 0 Å². The van der Waals surface area contributed by atoms with Gasteiger partial charge in [-0.05, 0) is 81.4 Å². The third-order valence-corrected chi connectivity index (χ3v) is 11.6. The molecule has 0 bridgehead atoms. The van der Waals surface area contributed by atoms with E-state index in [9.17, 15) is 0 Å². The highest BCUT2D eigenvalue weighted by Crippen LogP contribution is 2.55. The number of para-hydroxylation sites is 1.